The summed E-state index contributed by atoms with van der Waals surface area (Å²) in [5.74, 6) is 0.253. The van der Waals surface area contributed by atoms with E-state index in [0.29, 0.717) is 23.7 Å². The molecule has 0 saturated heterocycles. The molecule has 2 heterocycles. The first kappa shape index (κ1) is 18.6. The van der Waals surface area contributed by atoms with Crippen molar-refractivity contribution in [2.75, 3.05) is 19.7 Å². The van der Waals surface area contributed by atoms with Crippen molar-refractivity contribution in [1.82, 2.24) is 20.8 Å². The van der Waals surface area contributed by atoms with Crippen LogP contribution in [0.3, 0.4) is 0 Å². The van der Waals surface area contributed by atoms with Gasteiger partial charge in [-0.15, -0.1) is 11.3 Å². The SMILES string of the molecule is CCOc1ccc(C(=O)NCCNC(=O)c2nc(-c3cccs3)no2)cc1. The zero-order chi connectivity index (χ0) is 19.1. The van der Waals surface area contributed by atoms with Gasteiger partial charge in [0.15, 0.2) is 0 Å². The van der Waals surface area contributed by atoms with Gasteiger partial charge < -0.3 is 19.9 Å². The van der Waals surface area contributed by atoms with Crippen LogP contribution in [-0.2, 0) is 0 Å². The van der Waals surface area contributed by atoms with Gasteiger partial charge in [-0.1, -0.05) is 11.2 Å². The van der Waals surface area contributed by atoms with E-state index in [4.69, 9.17) is 9.26 Å². The van der Waals surface area contributed by atoms with Crippen molar-refractivity contribution >= 4 is 23.2 Å². The number of rotatable bonds is 8. The van der Waals surface area contributed by atoms with Crippen LogP contribution in [-0.4, -0.2) is 41.7 Å². The van der Waals surface area contributed by atoms with Crippen LogP contribution < -0.4 is 15.4 Å². The highest BCUT2D eigenvalue weighted by Gasteiger charge is 2.16. The Kier molecular flexibility index (Phi) is 6.16. The highest BCUT2D eigenvalue weighted by molar-refractivity contribution is 7.13. The van der Waals surface area contributed by atoms with E-state index in [1.165, 1.54) is 11.3 Å². The van der Waals surface area contributed by atoms with Gasteiger partial charge in [0.1, 0.15) is 5.75 Å². The van der Waals surface area contributed by atoms with Gasteiger partial charge in [-0.2, -0.15) is 4.98 Å². The number of thiophene rings is 1. The summed E-state index contributed by atoms with van der Waals surface area (Å²) in [5, 5.41) is 11.0. The van der Waals surface area contributed by atoms with Crippen LogP contribution in [0.15, 0.2) is 46.3 Å². The molecule has 0 aliphatic rings. The van der Waals surface area contributed by atoms with E-state index in [9.17, 15) is 9.59 Å². The number of nitrogens with zero attached hydrogens (tertiary/aromatic N) is 2. The first-order valence-corrected chi connectivity index (χ1v) is 9.22. The molecule has 9 heteroatoms. The molecule has 8 nitrogen and oxygen atoms in total. The van der Waals surface area contributed by atoms with Crippen LogP contribution in [0.4, 0.5) is 0 Å². The molecule has 0 radical (unpaired) electrons. The number of benzene rings is 1. The number of carbonyl (C=O) groups excluding carboxylic acids is 2. The Morgan fingerprint density at radius 3 is 2.52 bits per heavy atom. The van der Waals surface area contributed by atoms with E-state index in [0.717, 1.165) is 4.88 Å². The number of nitrogens with one attached hydrogen (secondary N) is 2. The van der Waals surface area contributed by atoms with Gasteiger partial charge in [0, 0.05) is 18.7 Å². The fraction of sp³-hybridized carbons (Fsp3) is 0.222. The summed E-state index contributed by atoms with van der Waals surface area (Å²) in [6.45, 7) is 2.97. The van der Waals surface area contributed by atoms with Crippen molar-refractivity contribution in [2.24, 2.45) is 0 Å². The second kappa shape index (κ2) is 8.95. The van der Waals surface area contributed by atoms with Crippen molar-refractivity contribution in [3.63, 3.8) is 0 Å². The van der Waals surface area contributed by atoms with E-state index >= 15 is 0 Å². The van der Waals surface area contributed by atoms with Gasteiger partial charge in [0.05, 0.1) is 11.5 Å². The summed E-state index contributed by atoms with van der Waals surface area (Å²) in [7, 11) is 0. The average molecular weight is 386 g/mol. The third-order valence-corrected chi connectivity index (χ3v) is 4.35. The van der Waals surface area contributed by atoms with Crippen LogP contribution in [0, 0.1) is 0 Å². The van der Waals surface area contributed by atoms with Crippen LogP contribution in [0.1, 0.15) is 28.0 Å². The lowest BCUT2D eigenvalue weighted by Crippen LogP contribution is -2.34. The molecule has 1 aromatic carbocycles. The zero-order valence-corrected chi connectivity index (χ0v) is 15.4. The van der Waals surface area contributed by atoms with E-state index in [1.54, 1.807) is 24.3 Å². The molecular formula is C18H18N4O4S. The maximum absolute atomic E-state index is 12.1. The molecule has 140 valence electrons. The summed E-state index contributed by atoms with van der Waals surface area (Å²) in [6.07, 6.45) is 0. The molecule has 0 fully saturated rings. The highest BCUT2D eigenvalue weighted by Crippen LogP contribution is 2.21. The molecule has 2 amide bonds. The summed E-state index contributed by atoms with van der Waals surface area (Å²) in [5.41, 5.74) is 0.516. The van der Waals surface area contributed by atoms with Crippen LogP contribution in [0.2, 0.25) is 0 Å². The molecule has 0 bridgehead atoms. The molecule has 2 aromatic heterocycles. The van der Waals surface area contributed by atoms with Gasteiger partial charge in [-0.3, -0.25) is 9.59 Å². The number of carbonyl (C=O) groups is 2. The number of hydrogen-bond donors (Lipinski definition) is 2. The lowest BCUT2D eigenvalue weighted by Gasteiger charge is -2.07. The Labute approximate surface area is 159 Å². The largest absolute Gasteiger partial charge is 0.494 e. The number of ether oxygens (including phenoxy) is 1. The number of hydrogen-bond acceptors (Lipinski definition) is 7. The normalized spacial score (nSPS) is 10.4. The fourth-order valence-corrected chi connectivity index (χ4v) is 2.87. The molecule has 2 N–H and O–H groups in total. The Morgan fingerprint density at radius 2 is 1.85 bits per heavy atom. The number of aromatic nitrogens is 2. The maximum atomic E-state index is 12.1. The van der Waals surface area contributed by atoms with E-state index < -0.39 is 5.91 Å². The summed E-state index contributed by atoms with van der Waals surface area (Å²) in [6, 6.07) is 10.5. The van der Waals surface area contributed by atoms with E-state index in [-0.39, 0.29) is 24.9 Å². The monoisotopic (exact) mass is 386 g/mol. The second-order valence-electron chi connectivity index (χ2n) is 5.37. The number of amides is 2. The smallest absolute Gasteiger partial charge is 0.316 e. The molecule has 0 saturated carbocycles. The van der Waals surface area contributed by atoms with Gasteiger partial charge >= 0.3 is 11.8 Å². The van der Waals surface area contributed by atoms with Crippen molar-refractivity contribution in [3.8, 4) is 16.5 Å². The lowest BCUT2D eigenvalue weighted by atomic mass is 10.2. The summed E-state index contributed by atoms with van der Waals surface area (Å²) >= 11 is 1.46. The van der Waals surface area contributed by atoms with Crippen molar-refractivity contribution in [2.45, 2.75) is 6.92 Å². The van der Waals surface area contributed by atoms with Crippen molar-refractivity contribution in [3.05, 3.63) is 53.2 Å². The molecule has 27 heavy (non-hydrogen) atoms. The molecule has 3 rings (SSSR count). The third-order valence-electron chi connectivity index (χ3n) is 3.49. The van der Waals surface area contributed by atoms with E-state index in [1.807, 2.05) is 24.4 Å². The molecule has 0 spiro atoms. The van der Waals surface area contributed by atoms with Crippen LogP contribution >= 0.6 is 11.3 Å². The summed E-state index contributed by atoms with van der Waals surface area (Å²) in [4.78, 5) is 28.9. The Balaban J connectivity index is 1.43. The van der Waals surface area contributed by atoms with Crippen LogP contribution in [0.25, 0.3) is 10.7 Å². The van der Waals surface area contributed by atoms with Gasteiger partial charge in [0.25, 0.3) is 5.91 Å². The molecule has 0 unspecified atom stereocenters. The van der Waals surface area contributed by atoms with E-state index in [2.05, 4.69) is 20.8 Å². The molecular weight excluding hydrogens is 368 g/mol. The zero-order valence-electron chi connectivity index (χ0n) is 14.6. The van der Waals surface area contributed by atoms with Gasteiger partial charge in [0.2, 0.25) is 5.82 Å². The Bertz CT molecular complexity index is 890. The standard InChI is InChI=1S/C18H18N4O4S/c1-2-25-13-7-5-12(6-8-13)16(23)19-9-10-20-17(24)18-21-15(22-26-18)14-4-3-11-27-14/h3-8,11H,2,9-10H2,1H3,(H,19,23)(H,20,24). The summed E-state index contributed by atoms with van der Waals surface area (Å²) < 4.78 is 10.3. The molecule has 0 atom stereocenters. The Morgan fingerprint density at radius 1 is 1.11 bits per heavy atom. The maximum Gasteiger partial charge on any atom is 0.316 e. The Hall–Kier alpha value is -3.20. The minimum Gasteiger partial charge on any atom is -0.494 e. The first-order valence-electron chi connectivity index (χ1n) is 8.34. The molecule has 0 aliphatic carbocycles. The van der Waals surface area contributed by atoms with Gasteiger partial charge in [-0.05, 0) is 42.6 Å². The second-order valence-corrected chi connectivity index (χ2v) is 6.32. The average Bonchev–Trinajstić information content (AvgIpc) is 3.37. The first-order chi connectivity index (χ1) is 13.2. The van der Waals surface area contributed by atoms with Crippen LogP contribution in [0.5, 0.6) is 5.75 Å². The van der Waals surface area contributed by atoms with Gasteiger partial charge in [-0.25, -0.2) is 0 Å². The minimum absolute atomic E-state index is 0.115. The molecule has 3 aromatic rings. The van der Waals surface area contributed by atoms with Crippen molar-refractivity contribution in [1.29, 1.82) is 0 Å². The topological polar surface area (TPSA) is 106 Å². The fourth-order valence-electron chi connectivity index (χ4n) is 2.22. The molecule has 0 aliphatic heterocycles. The predicted molar refractivity (Wildman–Crippen MR) is 99.9 cm³/mol. The minimum atomic E-state index is -0.486. The predicted octanol–water partition coefficient (Wildman–Crippen LogP) is 2.36. The highest BCUT2D eigenvalue weighted by atomic mass is 32.1. The van der Waals surface area contributed by atoms with Crippen molar-refractivity contribution < 1.29 is 18.8 Å². The lowest BCUT2D eigenvalue weighted by molar-refractivity contribution is 0.0898. The quantitative estimate of drug-likeness (QED) is 0.576. The third kappa shape index (κ3) is 4.91.